The van der Waals surface area contributed by atoms with Crippen molar-refractivity contribution in [1.29, 1.82) is 0 Å². The highest BCUT2D eigenvalue weighted by Gasteiger charge is 2.22. The summed E-state index contributed by atoms with van der Waals surface area (Å²) in [5, 5.41) is 0. The summed E-state index contributed by atoms with van der Waals surface area (Å²) in [6.45, 7) is 3.75. The molecule has 1 aromatic heterocycles. The largest absolute Gasteiger partial charge is 0.457 e. The third-order valence-electron chi connectivity index (χ3n) is 5.78. The summed E-state index contributed by atoms with van der Waals surface area (Å²) >= 11 is 1.70. The van der Waals surface area contributed by atoms with Gasteiger partial charge >= 0.3 is 5.97 Å². The van der Waals surface area contributed by atoms with Crippen LogP contribution >= 0.6 is 11.3 Å². The number of esters is 1. The fraction of sp³-hybridized carbons (Fsp3) is 0.250. The zero-order chi connectivity index (χ0) is 20.7. The first-order valence-corrected chi connectivity index (χ1v) is 10.9. The molecule has 0 bridgehead atoms. The number of thiophene rings is 1. The van der Waals surface area contributed by atoms with E-state index in [-0.39, 0.29) is 11.9 Å². The fourth-order valence-electron chi connectivity index (χ4n) is 3.90. The minimum absolute atomic E-state index is 0.108. The Morgan fingerprint density at radius 1 is 0.900 bits per heavy atom. The van der Waals surface area contributed by atoms with Crippen LogP contribution in [0.4, 0.5) is 0 Å². The molecule has 0 aliphatic carbocycles. The number of piperazine rings is 1. The van der Waals surface area contributed by atoms with Crippen molar-refractivity contribution >= 4 is 23.2 Å². The Hall–Kier alpha value is -2.96. The van der Waals surface area contributed by atoms with Crippen molar-refractivity contribution in [3.8, 4) is 20.9 Å². The Morgan fingerprint density at radius 2 is 1.57 bits per heavy atom. The van der Waals surface area contributed by atoms with Crippen molar-refractivity contribution in [1.82, 2.24) is 9.80 Å². The van der Waals surface area contributed by atoms with E-state index >= 15 is 0 Å². The quantitative estimate of drug-likeness (QED) is 0.600. The summed E-state index contributed by atoms with van der Waals surface area (Å²) in [4.78, 5) is 30.8. The molecule has 3 aromatic rings. The van der Waals surface area contributed by atoms with Gasteiger partial charge in [0.1, 0.15) is 6.61 Å². The standard InChI is InChI=1S/C24H22N2O3S/c1-25-10-12-26(13-11-25)23(27)17-4-2-16(3-5-17)21-8-9-22(30-21)18-6-7-20-19(14-18)15-29-24(20)28/h2-9,14H,10-13,15H2,1H3. The van der Waals surface area contributed by atoms with Crippen molar-refractivity contribution in [3.63, 3.8) is 0 Å². The van der Waals surface area contributed by atoms with Crippen LogP contribution in [-0.2, 0) is 11.3 Å². The number of hydrogen-bond acceptors (Lipinski definition) is 5. The molecule has 2 aliphatic rings. The van der Waals surface area contributed by atoms with E-state index < -0.39 is 0 Å². The van der Waals surface area contributed by atoms with Gasteiger partial charge in [0.25, 0.3) is 5.91 Å². The molecule has 1 fully saturated rings. The van der Waals surface area contributed by atoms with Crippen molar-refractivity contribution in [3.05, 3.63) is 71.3 Å². The summed E-state index contributed by atoms with van der Waals surface area (Å²) in [6.07, 6.45) is 0. The zero-order valence-electron chi connectivity index (χ0n) is 16.8. The topological polar surface area (TPSA) is 49.9 Å². The predicted octanol–water partition coefficient (Wildman–Crippen LogP) is 4.14. The van der Waals surface area contributed by atoms with Crippen molar-refractivity contribution in [2.75, 3.05) is 33.2 Å². The Kier molecular flexibility index (Phi) is 4.89. The van der Waals surface area contributed by atoms with Crippen LogP contribution in [0.3, 0.4) is 0 Å². The van der Waals surface area contributed by atoms with E-state index in [9.17, 15) is 9.59 Å². The first kappa shape index (κ1) is 19.0. The third-order valence-corrected chi connectivity index (χ3v) is 6.96. The lowest BCUT2D eigenvalue weighted by molar-refractivity contribution is 0.0534. The molecule has 0 radical (unpaired) electrons. The van der Waals surface area contributed by atoms with Crippen LogP contribution < -0.4 is 0 Å². The van der Waals surface area contributed by atoms with Gasteiger partial charge in [-0.05, 0) is 54.6 Å². The lowest BCUT2D eigenvalue weighted by atomic mass is 10.1. The molecular formula is C24H22N2O3S. The minimum atomic E-state index is -0.241. The van der Waals surface area contributed by atoms with Gasteiger partial charge in [-0.3, -0.25) is 4.79 Å². The number of ether oxygens (including phenoxy) is 1. The van der Waals surface area contributed by atoms with Gasteiger partial charge in [-0.25, -0.2) is 4.79 Å². The van der Waals surface area contributed by atoms with Gasteiger partial charge in [0.15, 0.2) is 0 Å². The van der Waals surface area contributed by atoms with Crippen LogP contribution in [0.1, 0.15) is 26.3 Å². The number of fused-ring (bicyclic) bond motifs is 1. The summed E-state index contributed by atoms with van der Waals surface area (Å²) in [7, 11) is 2.09. The van der Waals surface area contributed by atoms with Gasteiger partial charge in [-0.2, -0.15) is 0 Å². The van der Waals surface area contributed by atoms with E-state index in [2.05, 4.69) is 24.1 Å². The normalized spacial score (nSPS) is 16.4. The molecule has 2 aromatic carbocycles. The predicted molar refractivity (Wildman–Crippen MR) is 118 cm³/mol. The Balaban J connectivity index is 1.33. The second-order valence-electron chi connectivity index (χ2n) is 7.78. The zero-order valence-corrected chi connectivity index (χ0v) is 17.6. The average molecular weight is 419 g/mol. The number of carbonyl (C=O) groups is 2. The molecule has 30 heavy (non-hydrogen) atoms. The molecule has 2 aliphatic heterocycles. The van der Waals surface area contributed by atoms with Crippen LogP contribution in [0.15, 0.2) is 54.6 Å². The Morgan fingerprint density at radius 3 is 2.30 bits per heavy atom. The summed E-state index contributed by atoms with van der Waals surface area (Å²) in [5.41, 5.74) is 4.53. The first-order chi connectivity index (χ1) is 14.6. The van der Waals surface area contributed by atoms with Crippen LogP contribution in [0.2, 0.25) is 0 Å². The molecule has 1 amide bonds. The monoisotopic (exact) mass is 418 g/mol. The minimum Gasteiger partial charge on any atom is -0.457 e. The van der Waals surface area contributed by atoms with E-state index in [1.54, 1.807) is 11.3 Å². The summed E-state index contributed by atoms with van der Waals surface area (Å²) in [5.74, 6) is -0.133. The van der Waals surface area contributed by atoms with Crippen LogP contribution in [0.25, 0.3) is 20.9 Å². The van der Waals surface area contributed by atoms with Crippen LogP contribution in [0, 0.1) is 0 Å². The molecule has 0 atom stereocenters. The highest BCUT2D eigenvalue weighted by atomic mass is 32.1. The second-order valence-corrected chi connectivity index (χ2v) is 8.87. The molecule has 0 N–H and O–H groups in total. The number of nitrogens with zero attached hydrogens (tertiary/aromatic N) is 2. The lowest BCUT2D eigenvalue weighted by Crippen LogP contribution is -2.47. The van der Waals surface area contributed by atoms with E-state index in [0.717, 1.165) is 58.2 Å². The summed E-state index contributed by atoms with van der Waals surface area (Å²) < 4.78 is 5.10. The number of carbonyl (C=O) groups excluding carboxylic acids is 2. The number of benzene rings is 2. The Bertz CT molecular complexity index is 1110. The number of likely N-dealkylation sites (N-methyl/N-ethyl adjacent to an activating group) is 1. The Labute approximate surface area is 179 Å². The highest BCUT2D eigenvalue weighted by Crippen LogP contribution is 2.36. The van der Waals surface area contributed by atoms with Gasteiger partial charge in [0.05, 0.1) is 5.56 Å². The van der Waals surface area contributed by atoms with Crippen molar-refractivity contribution in [2.24, 2.45) is 0 Å². The van der Waals surface area contributed by atoms with E-state index in [1.165, 1.54) is 0 Å². The van der Waals surface area contributed by atoms with E-state index in [1.807, 2.05) is 47.4 Å². The fourth-order valence-corrected chi connectivity index (χ4v) is 4.91. The molecule has 1 saturated heterocycles. The molecule has 0 saturated carbocycles. The van der Waals surface area contributed by atoms with E-state index in [0.29, 0.717) is 12.2 Å². The molecule has 6 heteroatoms. The van der Waals surface area contributed by atoms with Crippen LogP contribution in [-0.4, -0.2) is 54.9 Å². The van der Waals surface area contributed by atoms with Gasteiger partial charge < -0.3 is 14.5 Å². The highest BCUT2D eigenvalue weighted by molar-refractivity contribution is 7.18. The van der Waals surface area contributed by atoms with Gasteiger partial charge in [-0.1, -0.05) is 18.2 Å². The maximum Gasteiger partial charge on any atom is 0.338 e. The smallest absolute Gasteiger partial charge is 0.338 e. The molecule has 5 nitrogen and oxygen atoms in total. The number of cyclic esters (lactones) is 1. The molecule has 3 heterocycles. The molecule has 152 valence electrons. The average Bonchev–Trinajstić information content (AvgIpc) is 3.41. The SMILES string of the molecule is CN1CCN(C(=O)c2ccc(-c3ccc(-c4ccc5c(c4)COC5=O)s3)cc2)CC1. The molecule has 5 rings (SSSR count). The molecule has 0 unspecified atom stereocenters. The van der Waals surface area contributed by atoms with Crippen molar-refractivity contribution < 1.29 is 14.3 Å². The number of rotatable bonds is 3. The maximum atomic E-state index is 12.7. The molecular weight excluding hydrogens is 396 g/mol. The van der Waals surface area contributed by atoms with Gasteiger partial charge in [-0.15, -0.1) is 11.3 Å². The summed E-state index contributed by atoms with van der Waals surface area (Å²) in [6, 6.07) is 17.9. The van der Waals surface area contributed by atoms with Crippen LogP contribution in [0.5, 0.6) is 0 Å². The maximum absolute atomic E-state index is 12.7. The van der Waals surface area contributed by atoms with E-state index in [4.69, 9.17) is 4.74 Å². The number of hydrogen-bond donors (Lipinski definition) is 0. The lowest BCUT2D eigenvalue weighted by Gasteiger charge is -2.32. The van der Waals surface area contributed by atoms with Crippen molar-refractivity contribution in [2.45, 2.75) is 6.61 Å². The van der Waals surface area contributed by atoms with Gasteiger partial charge in [0.2, 0.25) is 0 Å². The second kappa shape index (κ2) is 7.70. The first-order valence-electron chi connectivity index (χ1n) is 10.1. The number of amides is 1. The van der Waals surface area contributed by atoms with Gasteiger partial charge in [0, 0.05) is 47.1 Å². The molecule has 0 spiro atoms. The third kappa shape index (κ3) is 3.53.